The zero-order chi connectivity index (χ0) is 15.4. The van der Waals surface area contributed by atoms with Gasteiger partial charge in [0, 0.05) is 6.04 Å². The quantitative estimate of drug-likeness (QED) is 0.874. The third-order valence-electron chi connectivity index (χ3n) is 3.56. The average molecular weight is 295 g/mol. The van der Waals surface area contributed by atoms with Crippen LogP contribution in [0.25, 0.3) is 0 Å². The van der Waals surface area contributed by atoms with Gasteiger partial charge in [0.2, 0.25) is 0 Å². The molecule has 1 aliphatic carbocycles. The Morgan fingerprint density at radius 3 is 2.67 bits per heavy atom. The number of halogens is 1. The van der Waals surface area contributed by atoms with Crippen molar-refractivity contribution in [2.75, 3.05) is 0 Å². The van der Waals surface area contributed by atoms with Crippen LogP contribution in [-0.4, -0.2) is 29.1 Å². The van der Waals surface area contributed by atoms with Gasteiger partial charge in [0.15, 0.2) is 17.7 Å². The zero-order valence-electron chi connectivity index (χ0n) is 11.8. The van der Waals surface area contributed by atoms with Gasteiger partial charge in [0.05, 0.1) is 0 Å². The molecule has 5 nitrogen and oxygen atoms in total. The minimum Gasteiger partial charge on any atom is -0.478 e. The number of hydrogen-bond acceptors (Lipinski definition) is 3. The van der Waals surface area contributed by atoms with Gasteiger partial charge >= 0.3 is 5.97 Å². The van der Waals surface area contributed by atoms with Crippen molar-refractivity contribution in [2.24, 2.45) is 0 Å². The third kappa shape index (κ3) is 3.71. The lowest BCUT2D eigenvalue weighted by atomic mass is 10.2. The lowest BCUT2D eigenvalue weighted by Crippen LogP contribution is -2.41. The van der Waals surface area contributed by atoms with E-state index in [1.807, 2.05) is 0 Å². The molecule has 114 valence electrons. The van der Waals surface area contributed by atoms with Gasteiger partial charge in [0.25, 0.3) is 5.91 Å². The molecule has 0 heterocycles. The minimum absolute atomic E-state index is 0.128. The molecule has 1 aliphatic rings. The summed E-state index contributed by atoms with van der Waals surface area (Å²) in [7, 11) is 0. The number of carboxylic acids is 1. The van der Waals surface area contributed by atoms with E-state index in [1.165, 1.54) is 19.1 Å². The first-order valence-electron chi connectivity index (χ1n) is 6.98. The van der Waals surface area contributed by atoms with Gasteiger partial charge in [-0.15, -0.1) is 0 Å². The number of carbonyl (C=O) groups is 2. The van der Waals surface area contributed by atoms with Crippen LogP contribution in [0.15, 0.2) is 18.2 Å². The van der Waals surface area contributed by atoms with Gasteiger partial charge < -0.3 is 15.2 Å². The van der Waals surface area contributed by atoms with Crippen molar-refractivity contribution in [2.45, 2.75) is 44.8 Å². The fourth-order valence-corrected chi connectivity index (χ4v) is 2.42. The average Bonchev–Trinajstić information content (AvgIpc) is 2.93. The molecule has 1 fully saturated rings. The predicted molar refractivity (Wildman–Crippen MR) is 73.8 cm³/mol. The maximum Gasteiger partial charge on any atom is 0.339 e. The molecule has 1 aromatic rings. The molecular weight excluding hydrogens is 277 g/mol. The van der Waals surface area contributed by atoms with E-state index in [2.05, 4.69) is 5.32 Å². The molecular formula is C15H18FNO4. The van der Waals surface area contributed by atoms with Crippen LogP contribution in [0.4, 0.5) is 4.39 Å². The van der Waals surface area contributed by atoms with Crippen LogP contribution in [0.5, 0.6) is 5.75 Å². The van der Waals surface area contributed by atoms with E-state index in [0.29, 0.717) is 0 Å². The van der Waals surface area contributed by atoms with Crippen molar-refractivity contribution in [1.29, 1.82) is 0 Å². The Kier molecular flexibility index (Phi) is 4.77. The summed E-state index contributed by atoms with van der Waals surface area (Å²) in [5.74, 6) is -2.86. The van der Waals surface area contributed by atoms with Crippen LogP contribution in [-0.2, 0) is 4.79 Å². The summed E-state index contributed by atoms with van der Waals surface area (Å²) in [5, 5.41) is 11.9. The van der Waals surface area contributed by atoms with Crippen molar-refractivity contribution in [1.82, 2.24) is 5.32 Å². The number of carbonyl (C=O) groups excluding carboxylic acids is 1. The van der Waals surface area contributed by atoms with E-state index in [4.69, 9.17) is 9.84 Å². The molecule has 1 atom stereocenters. The highest BCUT2D eigenvalue weighted by molar-refractivity contribution is 5.91. The van der Waals surface area contributed by atoms with Gasteiger partial charge in [-0.1, -0.05) is 18.9 Å². The van der Waals surface area contributed by atoms with Crippen molar-refractivity contribution in [3.63, 3.8) is 0 Å². The molecule has 0 aromatic heterocycles. The van der Waals surface area contributed by atoms with Gasteiger partial charge in [-0.05, 0) is 31.9 Å². The number of amides is 1. The highest BCUT2D eigenvalue weighted by Crippen LogP contribution is 2.24. The Bertz CT molecular complexity index is 540. The number of ether oxygens (including phenoxy) is 1. The summed E-state index contributed by atoms with van der Waals surface area (Å²) in [4.78, 5) is 23.0. The molecule has 1 aromatic carbocycles. The fraction of sp³-hybridized carbons (Fsp3) is 0.467. The summed E-state index contributed by atoms with van der Waals surface area (Å²) in [5.41, 5.74) is -0.296. The van der Waals surface area contributed by atoms with Crippen LogP contribution in [0.2, 0.25) is 0 Å². The summed E-state index contributed by atoms with van der Waals surface area (Å²) in [6.07, 6.45) is 3.06. The SMILES string of the molecule is CC(Oc1c(F)cccc1C(=O)O)C(=O)NC1CCCC1. The third-order valence-corrected chi connectivity index (χ3v) is 3.56. The molecule has 1 unspecified atom stereocenters. The molecule has 1 saturated carbocycles. The maximum absolute atomic E-state index is 13.7. The van der Waals surface area contributed by atoms with E-state index in [1.54, 1.807) is 0 Å². The molecule has 6 heteroatoms. The van der Waals surface area contributed by atoms with E-state index >= 15 is 0 Å². The monoisotopic (exact) mass is 295 g/mol. The van der Waals surface area contributed by atoms with Crippen LogP contribution >= 0.6 is 0 Å². The number of hydrogen-bond donors (Lipinski definition) is 2. The van der Waals surface area contributed by atoms with Crippen molar-refractivity contribution < 1.29 is 23.8 Å². The zero-order valence-corrected chi connectivity index (χ0v) is 11.8. The number of carboxylic acid groups (broad SMARTS) is 1. The lowest BCUT2D eigenvalue weighted by Gasteiger charge is -2.19. The lowest BCUT2D eigenvalue weighted by molar-refractivity contribution is -0.128. The van der Waals surface area contributed by atoms with Crippen molar-refractivity contribution in [3.05, 3.63) is 29.6 Å². The molecule has 21 heavy (non-hydrogen) atoms. The molecule has 0 saturated heterocycles. The summed E-state index contributed by atoms with van der Waals surface area (Å²) in [6, 6.07) is 3.75. The summed E-state index contributed by atoms with van der Waals surface area (Å²) < 4.78 is 19.0. The highest BCUT2D eigenvalue weighted by atomic mass is 19.1. The molecule has 2 rings (SSSR count). The van der Waals surface area contributed by atoms with Crippen LogP contribution in [0.3, 0.4) is 0 Å². The highest BCUT2D eigenvalue weighted by Gasteiger charge is 2.24. The Balaban J connectivity index is 2.06. The van der Waals surface area contributed by atoms with Gasteiger partial charge in [-0.3, -0.25) is 4.79 Å². The second kappa shape index (κ2) is 6.56. The van der Waals surface area contributed by atoms with Crippen LogP contribution in [0.1, 0.15) is 43.0 Å². The maximum atomic E-state index is 13.7. The molecule has 0 spiro atoms. The number of nitrogens with one attached hydrogen (secondary N) is 1. The van der Waals surface area contributed by atoms with Crippen LogP contribution < -0.4 is 10.1 Å². The number of rotatable bonds is 5. The number of benzene rings is 1. The summed E-state index contributed by atoms with van der Waals surface area (Å²) in [6.45, 7) is 1.47. The topological polar surface area (TPSA) is 75.6 Å². The largest absolute Gasteiger partial charge is 0.478 e. The van der Waals surface area contributed by atoms with E-state index < -0.39 is 23.6 Å². The standard InChI is InChI=1S/C15H18FNO4/c1-9(14(18)17-10-5-2-3-6-10)21-13-11(15(19)20)7-4-8-12(13)16/h4,7-10H,2-3,5-6H2,1H3,(H,17,18)(H,19,20). The predicted octanol–water partition coefficient (Wildman–Crippen LogP) is 2.35. The van der Waals surface area contributed by atoms with Gasteiger partial charge in [0.1, 0.15) is 5.56 Å². The van der Waals surface area contributed by atoms with E-state index in [-0.39, 0.29) is 17.5 Å². The second-order valence-corrected chi connectivity index (χ2v) is 5.17. The van der Waals surface area contributed by atoms with Gasteiger partial charge in [-0.25, -0.2) is 9.18 Å². The first-order valence-corrected chi connectivity index (χ1v) is 6.98. The Morgan fingerprint density at radius 2 is 2.05 bits per heavy atom. The summed E-state index contributed by atoms with van der Waals surface area (Å²) >= 11 is 0. The Hall–Kier alpha value is -2.11. The second-order valence-electron chi connectivity index (χ2n) is 5.17. The Morgan fingerprint density at radius 1 is 1.38 bits per heavy atom. The van der Waals surface area contributed by atoms with E-state index in [0.717, 1.165) is 31.7 Å². The molecule has 0 bridgehead atoms. The molecule has 2 N–H and O–H groups in total. The minimum atomic E-state index is -1.30. The Labute approximate surface area is 122 Å². The van der Waals surface area contributed by atoms with Crippen molar-refractivity contribution in [3.8, 4) is 5.75 Å². The smallest absolute Gasteiger partial charge is 0.339 e. The normalized spacial score (nSPS) is 16.5. The van der Waals surface area contributed by atoms with E-state index in [9.17, 15) is 14.0 Å². The van der Waals surface area contributed by atoms with Crippen molar-refractivity contribution >= 4 is 11.9 Å². The first kappa shape index (κ1) is 15.3. The molecule has 1 amide bonds. The fourth-order valence-electron chi connectivity index (χ4n) is 2.42. The number of aromatic carboxylic acids is 1. The number of para-hydroxylation sites is 1. The molecule has 0 aliphatic heterocycles. The van der Waals surface area contributed by atoms with Gasteiger partial charge in [-0.2, -0.15) is 0 Å². The van der Waals surface area contributed by atoms with Crippen LogP contribution in [0, 0.1) is 5.82 Å². The molecule has 0 radical (unpaired) electrons. The first-order chi connectivity index (χ1) is 9.99.